The molecule has 2 N–H and O–H groups in total. The van der Waals surface area contributed by atoms with Gasteiger partial charge in [-0.05, 0) is 19.8 Å². The van der Waals surface area contributed by atoms with E-state index in [0.717, 1.165) is 32.1 Å². The maximum Gasteiger partial charge on any atom is 0.325 e. The number of unbranched alkanes of at least 4 members (excludes halogenated alkanes) is 8. The van der Waals surface area contributed by atoms with Crippen molar-refractivity contribution in [2.24, 2.45) is 5.92 Å². The van der Waals surface area contributed by atoms with Gasteiger partial charge in [0.2, 0.25) is 5.91 Å². The quantitative estimate of drug-likeness (QED) is 0.420. The summed E-state index contributed by atoms with van der Waals surface area (Å²) >= 11 is 0. The minimum atomic E-state index is -0.970. The summed E-state index contributed by atoms with van der Waals surface area (Å²) < 4.78 is 0. The lowest BCUT2D eigenvalue weighted by atomic mass is 9.93. The zero-order valence-corrected chi connectivity index (χ0v) is 15.4. The van der Waals surface area contributed by atoms with Gasteiger partial charge in [-0.25, -0.2) is 0 Å². The molecule has 0 aliphatic rings. The molecular weight excluding hydrogens is 290 g/mol. The Kier molecular flexibility index (Phi) is 13.9. The van der Waals surface area contributed by atoms with Crippen LogP contribution in [0.2, 0.25) is 0 Å². The standard InChI is InChI=1S/C19H37NO3/c1-4-6-8-10-11-13-15-17(14-12-9-7-5-2)18(21)20-16(3)19(22)23/h16-17H,4-15H2,1-3H3,(H,20,21)(H,22,23). The van der Waals surface area contributed by atoms with Crippen molar-refractivity contribution in [3.63, 3.8) is 0 Å². The van der Waals surface area contributed by atoms with E-state index in [9.17, 15) is 9.59 Å². The number of carboxylic acid groups (broad SMARTS) is 1. The van der Waals surface area contributed by atoms with E-state index in [1.54, 1.807) is 0 Å². The molecule has 2 atom stereocenters. The number of hydrogen-bond donors (Lipinski definition) is 2. The molecule has 0 spiro atoms. The molecule has 0 fully saturated rings. The molecule has 0 aliphatic heterocycles. The van der Waals surface area contributed by atoms with E-state index in [-0.39, 0.29) is 11.8 Å². The van der Waals surface area contributed by atoms with E-state index >= 15 is 0 Å². The van der Waals surface area contributed by atoms with Crippen LogP contribution in [0.5, 0.6) is 0 Å². The molecule has 0 aliphatic carbocycles. The van der Waals surface area contributed by atoms with Gasteiger partial charge in [0, 0.05) is 5.92 Å². The highest BCUT2D eigenvalue weighted by atomic mass is 16.4. The topological polar surface area (TPSA) is 66.4 Å². The van der Waals surface area contributed by atoms with Crippen molar-refractivity contribution in [3.8, 4) is 0 Å². The highest BCUT2D eigenvalue weighted by molar-refractivity contribution is 5.84. The van der Waals surface area contributed by atoms with Crippen molar-refractivity contribution in [1.82, 2.24) is 5.32 Å². The smallest absolute Gasteiger partial charge is 0.325 e. The van der Waals surface area contributed by atoms with Crippen molar-refractivity contribution in [3.05, 3.63) is 0 Å². The largest absolute Gasteiger partial charge is 0.480 e. The van der Waals surface area contributed by atoms with Crippen molar-refractivity contribution in [2.75, 3.05) is 0 Å². The van der Waals surface area contributed by atoms with Crippen molar-refractivity contribution in [1.29, 1.82) is 0 Å². The molecule has 4 heteroatoms. The fourth-order valence-corrected chi connectivity index (χ4v) is 2.79. The van der Waals surface area contributed by atoms with Crippen molar-refractivity contribution >= 4 is 11.9 Å². The summed E-state index contributed by atoms with van der Waals surface area (Å²) in [6.07, 6.45) is 13.7. The molecule has 4 nitrogen and oxygen atoms in total. The van der Waals surface area contributed by atoms with Gasteiger partial charge in [0.15, 0.2) is 0 Å². The average Bonchev–Trinajstić information content (AvgIpc) is 2.52. The fraction of sp³-hybridized carbons (Fsp3) is 0.895. The Morgan fingerprint density at radius 2 is 1.26 bits per heavy atom. The van der Waals surface area contributed by atoms with E-state index in [4.69, 9.17) is 5.11 Å². The molecular formula is C19H37NO3. The summed E-state index contributed by atoms with van der Waals surface area (Å²) in [6.45, 7) is 5.91. The number of rotatable bonds is 15. The second-order valence-corrected chi connectivity index (χ2v) is 6.67. The monoisotopic (exact) mass is 327 g/mol. The van der Waals surface area contributed by atoms with Gasteiger partial charge in [0.1, 0.15) is 6.04 Å². The van der Waals surface area contributed by atoms with E-state index < -0.39 is 12.0 Å². The first-order valence-corrected chi connectivity index (χ1v) is 9.56. The summed E-state index contributed by atoms with van der Waals surface area (Å²) in [6, 6.07) is -0.801. The Labute approximate surface area is 142 Å². The molecule has 2 unspecified atom stereocenters. The van der Waals surface area contributed by atoms with Gasteiger partial charge in [-0.15, -0.1) is 0 Å². The summed E-state index contributed by atoms with van der Waals surface area (Å²) in [4.78, 5) is 23.2. The maximum absolute atomic E-state index is 12.3. The first-order valence-electron chi connectivity index (χ1n) is 9.56. The molecule has 0 bridgehead atoms. The lowest BCUT2D eigenvalue weighted by Gasteiger charge is -2.18. The third-order valence-corrected chi connectivity index (χ3v) is 4.41. The van der Waals surface area contributed by atoms with Crippen LogP contribution in [0.15, 0.2) is 0 Å². The molecule has 0 aromatic carbocycles. The number of carbonyl (C=O) groups is 2. The second kappa shape index (κ2) is 14.5. The van der Waals surface area contributed by atoms with Crippen LogP contribution in [0.3, 0.4) is 0 Å². The van der Waals surface area contributed by atoms with Gasteiger partial charge in [-0.2, -0.15) is 0 Å². The molecule has 0 rings (SSSR count). The molecule has 0 saturated heterocycles. The van der Waals surface area contributed by atoms with Gasteiger partial charge in [0.25, 0.3) is 0 Å². The lowest BCUT2D eigenvalue weighted by molar-refractivity contribution is -0.142. The van der Waals surface area contributed by atoms with Crippen LogP contribution in [-0.2, 0) is 9.59 Å². The fourth-order valence-electron chi connectivity index (χ4n) is 2.79. The molecule has 0 aromatic rings. The van der Waals surface area contributed by atoms with E-state index in [2.05, 4.69) is 19.2 Å². The highest BCUT2D eigenvalue weighted by Crippen LogP contribution is 2.19. The van der Waals surface area contributed by atoms with Crippen LogP contribution >= 0.6 is 0 Å². The average molecular weight is 328 g/mol. The van der Waals surface area contributed by atoms with Gasteiger partial charge < -0.3 is 10.4 Å². The lowest BCUT2D eigenvalue weighted by Crippen LogP contribution is -2.41. The van der Waals surface area contributed by atoms with Crippen LogP contribution < -0.4 is 5.32 Å². The van der Waals surface area contributed by atoms with E-state index in [1.165, 1.54) is 51.9 Å². The Balaban J connectivity index is 4.20. The van der Waals surface area contributed by atoms with Crippen molar-refractivity contribution < 1.29 is 14.7 Å². The summed E-state index contributed by atoms with van der Waals surface area (Å²) in [7, 11) is 0. The third kappa shape index (κ3) is 12.1. The predicted molar refractivity (Wildman–Crippen MR) is 95.5 cm³/mol. The first kappa shape index (κ1) is 21.9. The third-order valence-electron chi connectivity index (χ3n) is 4.41. The van der Waals surface area contributed by atoms with Crippen LogP contribution in [0.1, 0.15) is 97.8 Å². The normalized spacial score (nSPS) is 13.5. The molecule has 0 aromatic heterocycles. The second-order valence-electron chi connectivity index (χ2n) is 6.67. The van der Waals surface area contributed by atoms with Crippen LogP contribution in [0.4, 0.5) is 0 Å². The number of carbonyl (C=O) groups excluding carboxylic acids is 1. The van der Waals surface area contributed by atoms with E-state index in [0.29, 0.717) is 0 Å². The Bertz CT molecular complexity index is 318. The molecule has 1 amide bonds. The first-order chi connectivity index (χ1) is 11.0. The Morgan fingerprint density at radius 1 is 0.826 bits per heavy atom. The number of aliphatic carboxylic acids is 1. The molecule has 136 valence electrons. The van der Waals surface area contributed by atoms with Crippen LogP contribution in [-0.4, -0.2) is 23.0 Å². The molecule has 0 radical (unpaired) electrons. The summed E-state index contributed by atoms with van der Waals surface area (Å²) in [5, 5.41) is 11.6. The SMILES string of the molecule is CCCCCCCCC(CCCCCC)C(=O)NC(C)C(=O)O. The Hall–Kier alpha value is -1.06. The summed E-state index contributed by atoms with van der Waals surface area (Å²) in [5.41, 5.74) is 0. The minimum absolute atomic E-state index is 0.0279. The molecule has 23 heavy (non-hydrogen) atoms. The zero-order valence-electron chi connectivity index (χ0n) is 15.4. The number of carboxylic acids is 1. The minimum Gasteiger partial charge on any atom is -0.480 e. The van der Waals surface area contributed by atoms with Gasteiger partial charge >= 0.3 is 5.97 Å². The Morgan fingerprint density at radius 3 is 1.74 bits per heavy atom. The van der Waals surface area contributed by atoms with Gasteiger partial charge in [0.05, 0.1) is 0 Å². The van der Waals surface area contributed by atoms with E-state index in [1.807, 2.05) is 0 Å². The number of amides is 1. The molecule has 0 heterocycles. The number of nitrogens with one attached hydrogen (secondary N) is 1. The van der Waals surface area contributed by atoms with Gasteiger partial charge in [-0.3, -0.25) is 9.59 Å². The zero-order chi connectivity index (χ0) is 17.5. The molecule has 0 saturated carbocycles. The van der Waals surface area contributed by atoms with Crippen molar-refractivity contribution in [2.45, 2.75) is 104 Å². The van der Waals surface area contributed by atoms with Crippen LogP contribution in [0.25, 0.3) is 0 Å². The highest BCUT2D eigenvalue weighted by Gasteiger charge is 2.21. The summed E-state index contributed by atoms with van der Waals surface area (Å²) in [5.74, 6) is -1.08. The number of hydrogen-bond acceptors (Lipinski definition) is 2. The maximum atomic E-state index is 12.3. The van der Waals surface area contributed by atoms with Gasteiger partial charge in [-0.1, -0.05) is 78.1 Å². The predicted octanol–water partition coefficient (Wildman–Crippen LogP) is 4.91. The van der Waals surface area contributed by atoms with Crippen LogP contribution in [0, 0.1) is 5.92 Å².